The molecule has 1 saturated carbocycles. The highest BCUT2D eigenvalue weighted by Gasteiger charge is 2.35. The van der Waals surface area contributed by atoms with Gasteiger partial charge in [0.2, 0.25) is 0 Å². The summed E-state index contributed by atoms with van der Waals surface area (Å²) in [4.78, 5) is 0. The summed E-state index contributed by atoms with van der Waals surface area (Å²) >= 11 is 0. The molecular weight excluding hydrogens is 224 g/mol. The Balaban J connectivity index is 1.92. The molecule has 1 aliphatic carbocycles. The van der Waals surface area contributed by atoms with Gasteiger partial charge in [-0.2, -0.15) is 0 Å². The first-order valence-corrected chi connectivity index (χ1v) is 7.06. The van der Waals surface area contributed by atoms with Gasteiger partial charge in [0.25, 0.3) is 0 Å². The molecule has 18 heavy (non-hydrogen) atoms. The molecule has 1 heterocycles. The van der Waals surface area contributed by atoms with Crippen molar-refractivity contribution < 1.29 is 9.84 Å². The number of para-hydroxylation sites is 1. The third kappa shape index (κ3) is 2.03. The van der Waals surface area contributed by atoms with Gasteiger partial charge < -0.3 is 9.84 Å². The van der Waals surface area contributed by atoms with E-state index in [9.17, 15) is 5.11 Å². The lowest BCUT2D eigenvalue weighted by Gasteiger charge is -2.22. The zero-order valence-electron chi connectivity index (χ0n) is 11.3. The van der Waals surface area contributed by atoms with E-state index in [-0.39, 0.29) is 11.7 Å². The molecule has 1 aromatic rings. The number of rotatable bonds is 2. The second-order valence-corrected chi connectivity index (χ2v) is 6.36. The Bertz CT molecular complexity index is 444. The van der Waals surface area contributed by atoms with E-state index in [1.807, 2.05) is 6.07 Å². The van der Waals surface area contributed by atoms with Crippen LogP contribution in [0.15, 0.2) is 18.2 Å². The van der Waals surface area contributed by atoms with Crippen LogP contribution in [0.25, 0.3) is 0 Å². The summed E-state index contributed by atoms with van der Waals surface area (Å²) in [5.74, 6) is 1.37. The molecule has 1 fully saturated rings. The number of aliphatic hydroxyl groups is 1. The zero-order chi connectivity index (χ0) is 12.8. The Labute approximate surface area is 109 Å². The summed E-state index contributed by atoms with van der Waals surface area (Å²) in [7, 11) is 0. The quantitative estimate of drug-likeness (QED) is 0.863. The fourth-order valence-corrected chi connectivity index (χ4v) is 3.40. The van der Waals surface area contributed by atoms with Crippen LogP contribution in [0.4, 0.5) is 0 Å². The fourth-order valence-electron chi connectivity index (χ4n) is 3.40. The third-order valence-electron chi connectivity index (χ3n) is 4.29. The van der Waals surface area contributed by atoms with E-state index in [2.05, 4.69) is 26.0 Å². The van der Waals surface area contributed by atoms with Crippen LogP contribution in [0.2, 0.25) is 0 Å². The maximum Gasteiger partial charge on any atom is 0.129 e. The van der Waals surface area contributed by atoms with E-state index in [1.54, 1.807) is 0 Å². The summed E-state index contributed by atoms with van der Waals surface area (Å²) in [5, 5.41) is 10.6. The molecule has 0 amide bonds. The van der Waals surface area contributed by atoms with Crippen LogP contribution in [0.3, 0.4) is 0 Å². The van der Waals surface area contributed by atoms with Crippen molar-refractivity contribution in [2.24, 2.45) is 5.92 Å². The van der Waals surface area contributed by atoms with Crippen LogP contribution < -0.4 is 4.74 Å². The molecule has 0 saturated heterocycles. The van der Waals surface area contributed by atoms with Crippen LogP contribution in [-0.4, -0.2) is 10.7 Å². The number of hydrogen-bond donors (Lipinski definition) is 1. The van der Waals surface area contributed by atoms with Gasteiger partial charge in [0, 0.05) is 12.0 Å². The Hall–Kier alpha value is -1.02. The largest absolute Gasteiger partial charge is 0.487 e. The maximum absolute atomic E-state index is 10.6. The van der Waals surface area contributed by atoms with E-state index < -0.39 is 0 Å². The molecule has 1 N–H and O–H groups in total. The van der Waals surface area contributed by atoms with Gasteiger partial charge in [0.15, 0.2) is 0 Å². The van der Waals surface area contributed by atoms with Gasteiger partial charge >= 0.3 is 0 Å². The van der Waals surface area contributed by atoms with Crippen LogP contribution in [-0.2, 0) is 6.42 Å². The average Bonchev–Trinajstić information content (AvgIpc) is 2.91. The minimum Gasteiger partial charge on any atom is -0.487 e. The lowest BCUT2D eigenvalue weighted by Crippen LogP contribution is -2.25. The van der Waals surface area contributed by atoms with Crippen LogP contribution in [0, 0.1) is 5.92 Å². The molecular formula is C16H22O2. The molecule has 1 atom stereocenters. The van der Waals surface area contributed by atoms with Gasteiger partial charge in [-0.15, -0.1) is 0 Å². The molecule has 0 aromatic heterocycles. The highest BCUT2D eigenvalue weighted by Crippen LogP contribution is 2.44. The molecule has 98 valence electrons. The minimum absolute atomic E-state index is 0.131. The number of fused-ring (bicyclic) bond motifs is 1. The molecule has 2 aliphatic rings. The van der Waals surface area contributed by atoms with Crippen molar-refractivity contribution in [1.29, 1.82) is 0 Å². The summed E-state index contributed by atoms with van der Waals surface area (Å²) < 4.78 is 6.05. The predicted molar refractivity (Wildman–Crippen MR) is 71.8 cm³/mol. The molecule has 3 rings (SSSR count). The van der Waals surface area contributed by atoms with Crippen LogP contribution in [0.5, 0.6) is 5.75 Å². The van der Waals surface area contributed by atoms with Crippen LogP contribution in [0.1, 0.15) is 56.8 Å². The predicted octanol–water partition coefficient (Wildman–Crippen LogP) is 3.62. The van der Waals surface area contributed by atoms with Gasteiger partial charge in [0.05, 0.1) is 6.10 Å². The van der Waals surface area contributed by atoms with Gasteiger partial charge in [0.1, 0.15) is 11.4 Å². The van der Waals surface area contributed by atoms with Crippen molar-refractivity contribution >= 4 is 0 Å². The first-order chi connectivity index (χ1) is 8.57. The number of aliphatic hydroxyl groups excluding tert-OH is 1. The van der Waals surface area contributed by atoms with Crippen molar-refractivity contribution in [2.45, 2.75) is 57.7 Å². The molecule has 2 nitrogen and oxygen atoms in total. The van der Waals surface area contributed by atoms with Crippen molar-refractivity contribution in [2.75, 3.05) is 0 Å². The lowest BCUT2D eigenvalue weighted by atomic mass is 9.92. The third-order valence-corrected chi connectivity index (χ3v) is 4.29. The Morgan fingerprint density at radius 1 is 1.28 bits per heavy atom. The van der Waals surface area contributed by atoms with E-state index in [0.717, 1.165) is 30.6 Å². The van der Waals surface area contributed by atoms with Gasteiger partial charge in [-0.1, -0.05) is 31.0 Å². The molecule has 0 bridgehead atoms. The van der Waals surface area contributed by atoms with Gasteiger partial charge in [-0.25, -0.2) is 0 Å². The minimum atomic E-state index is -0.351. The molecule has 1 unspecified atom stereocenters. The topological polar surface area (TPSA) is 29.5 Å². The summed E-state index contributed by atoms with van der Waals surface area (Å²) in [6, 6.07) is 6.20. The normalized spacial score (nSPS) is 23.7. The van der Waals surface area contributed by atoms with Crippen molar-refractivity contribution in [1.82, 2.24) is 0 Å². The number of ether oxygens (including phenoxy) is 1. The second-order valence-electron chi connectivity index (χ2n) is 6.36. The molecule has 0 spiro atoms. The maximum atomic E-state index is 10.6. The summed E-state index contributed by atoms with van der Waals surface area (Å²) in [6.07, 6.45) is 5.39. The molecule has 1 aromatic carbocycles. The van der Waals surface area contributed by atoms with Crippen molar-refractivity contribution in [3.8, 4) is 5.75 Å². The smallest absolute Gasteiger partial charge is 0.129 e. The van der Waals surface area contributed by atoms with Crippen molar-refractivity contribution in [3.63, 3.8) is 0 Å². The lowest BCUT2D eigenvalue weighted by molar-refractivity contribution is 0.0969. The highest BCUT2D eigenvalue weighted by molar-refractivity contribution is 5.47. The zero-order valence-corrected chi connectivity index (χ0v) is 11.3. The first kappa shape index (κ1) is 12.0. The van der Waals surface area contributed by atoms with E-state index >= 15 is 0 Å². The monoisotopic (exact) mass is 246 g/mol. The van der Waals surface area contributed by atoms with Gasteiger partial charge in [-0.3, -0.25) is 0 Å². The summed E-state index contributed by atoms with van der Waals surface area (Å²) in [6.45, 7) is 4.22. The Kier molecular flexibility index (Phi) is 2.86. The second kappa shape index (κ2) is 4.27. The van der Waals surface area contributed by atoms with Crippen LogP contribution >= 0.6 is 0 Å². The molecule has 2 heteroatoms. The standard InChI is InChI=1S/C16H22O2/c1-16(2)10-12-8-5-9-13(15(12)18-16)14(17)11-6-3-4-7-11/h5,8-9,11,14,17H,3-4,6-7,10H2,1-2H3. The molecule has 1 aliphatic heterocycles. The van der Waals surface area contributed by atoms with E-state index in [0.29, 0.717) is 5.92 Å². The first-order valence-electron chi connectivity index (χ1n) is 7.06. The summed E-state index contributed by atoms with van der Waals surface area (Å²) in [5.41, 5.74) is 2.12. The Morgan fingerprint density at radius 3 is 2.72 bits per heavy atom. The van der Waals surface area contributed by atoms with Crippen molar-refractivity contribution in [3.05, 3.63) is 29.3 Å². The highest BCUT2D eigenvalue weighted by atomic mass is 16.5. The van der Waals surface area contributed by atoms with E-state index in [1.165, 1.54) is 18.4 Å². The average molecular weight is 246 g/mol. The number of hydrogen-bond acceptors (Lipinski definition) is 2. The number of benzene rings is 1. The molecule has 0 radical (unpaired) electrons. The van der Waals surface area contributed by atoms with Gasteiger partial charge in [-0.05, 0) is 38.2 Å². The SMILES string of the molecule is CC1(C)Cc2cccc(C(O)C3CCCC3)c2O1. The fraction of sp³-hybridized carbons (Fsp3) is 0.625. The Morgan fingerprint density at radius 2 is 2.00 bits per heavy atom. The van der Waals surface area contributed by atoms with E-state index in [4.69, 9.17) is 4.74 Å².